The number of carbonyl (C=O) groups excluding carboxylic acids is 3. The Morgan fingerprint density at radius 1 is 1.17 bits per heavy atom. The first-order valence-electron chi connectivity index (χ1n) is 9.36. The minimum Gasteiger partial charge on any atom is -0.468 e. The molecule has 1 aromatic rings. The van der Waals surface area contributed by atoms with Crippen molar-refractivity contribution in [1.82, 2.24) is 5.32 Å². The van der Waals surface area contributed by atoms with Crippen molar-refractivity contribution in [2.45, 2.75) is 26.2 Å². The molecule has 2 aliphatic rings. The normalized spacial score (nSPS) is 23.5. The highest BCUT2D eigenvalue weighted by atomic mass is 16.6. The van der Waals surface area contributed by atoms with Crippen LogP contribution < -0.4 is 5.32 Å². The Bertz CT molecular complexity index is 991. The average Bonchev–Trinajstić information content (AvgIpc) is 2.72. The summed E-state index contributed by atoms with van der Waals surface area (Å²) in [5, 5.41) is 14.2. The van der Waals surface area contributed by atoms with E-state index in [1.165, 1.54) is 38.5 Å². The van der Waals surface area contributed by atoms with Crippen LogP contribution in [-0.2, 0) is 23.9 Å². The molecule has 1 aliphatic carbocycles. The molecule has 9 heteroatoms. The molecule has 0 aromatic heterocycles. The fourth-order valence-corrected chi connectivity index (χ4v) is 4.18. The lowest BCUT2D eigenvalue weighted by atomic mass is 9.69. The summed E-state index contributed by atoms with van der Waals surface area (Å²) in [5.74, 6) is -3.79. The van der Waals surface area contributed by atoms with Crippen LogP contribution in [-0.4, -0.2) is 36.9 Å². The number of Topliss-reactive ketones (excluding diaryl/α,β-unsaturated/α-hetero) is 1. The zero-order chi connectivity index (χ0) is 22.2. The van der Waals surface area contributed by atoms with Gasteiger partial charge in [0.2, 0.25) is 0 Å². The molecule has 0 saturated carbocycles. The number of benzene rings is 1. The van der Waals surface area contributed by atoms with E-state index in [9.17, 15) is 24.5 Å². The van der Waals surface area contributed by atoms with Gasteiger partial charge < -0.3 is 14.8 Å². The number of non-ortho nitro benzene ring substituents is 1. The predicted octanol–water partition coefficient (Wildman–Crippen LogP) is 2.38. The first-order chi connectivity index (χ1) is 14.2. The van der Waals surface area contributed by atoms with Crippen molar-refractivity contribution in [3.05, 3.63) is 62.5 Å². The summed E-state index contributed by atoms with van der Waals surface area (Å²) < 4.78 is 9.76. The van der Waals surface area contributed by atoms with Crippen molar-refractivity contribution in [3.8, 4) is 0 Å². The molecule has 1 aromatic carbocycles. The van der Waals surface area contributed by atoms with Crippen LogP contribution >= 0.6 is 0 Å². The smallest absolute Gasteiger partial charge is 0.336 e. The van der Waals surface area contributed by atoms with Crippen LogP contribution in [0.5, 0.6) is 0 Å². The van der Waals surface area contributed by atoms with Crippen molar-refractivity contribution in [1.29, 1.82) is 0 Å². The van der Waals surface area contributed by atoms with E-state index in [2.05, 4.69) is 5.32 Å². The number of nitro groups is 1. The van der Waals surface area contributed by atoms with Gasteiger partial charge in [0.25, 0.3) is 5.69 Å². The predicted molar refractivity (Wildman–Crippen MR) is 105 cm³/mol. The summed E-state index contributed by atoms with van der Waals surface area (Å²) in [5.41, 5.74) is 2.06. The van der Waals surface area contributed by atoms with E-state index in [4.69, 9.17) is 9.47 Å². The molecule has 0 fully saturated rings. The third-order valence-electron chi connectivity index (χ3n) is 5.59. The van der Waals surface area contributed by atoms with Crippen LogP contribution in [0.3, 0.4) is 0 Å². The molecule has 1 aliphatic heterocycles. The number of nitrogens with zero attached hydrogens (tertiary/aromatic N) is 1. The zero-order valence-electron chi connectivity index (χ0n) is 17.1. The number of dihydropyridines is 1. The number of hydrogen-bond acceptors (Lipinski definition) is 8. The maximum absolute atomic E-state index is 13.4. The molecule has 0 amide bonds. The number of hydrogen-bond donors (Lipinski definition) is 1. The minimum atomic E-state index is -0.992. The molecule has 3 atom stereocenters. The number of esters is 2. The first kappa shape index (κ1) is 21.2. The number of carbonyl (C=O) groups is 3. The van der Waals surface area contributed by atoms with Gasteiger partial charge in [0.15, 0.2) is 5.78 Å². The van der Waals surface area contributed by atoms with E-state index < -0.39 is 34.5 Å². The highest BCUT2D eigenvalue weighted by Crippen LogP contribution is 2.45. The second kappa shape index (κ2) is 8.10. The summed E-state index contributed by atoms with van der Waals surface area (Å²) >= 11 is 0. The Hall–Kier alpha value is -3.49. The molecular formula is C21H22N2O7. The largest absolute Gasteiger partial charge is 0.468 e. The van der Waals surface area contributed by atoms with Gasteiger partial charge in [-0.15, -0.1) is 0 Å². The van der Waals surface area contributed by atoms with E-state index in [1.807, 2.05) is 0 Å². The van der Waals surface area contributed by atoms with Gasteiger partial charge in [-0.3, -0.25) is 19.7 Å². The van der Waals surface area contributed by atoms with Crippen LogP contribution in [0.2, 0.25) is 0 Å². The van der Waals surface area contributed by atoms with Gasteiger partial charge in [-0.1, -0.05) is 19.1 Å². The van der Waals surface area contributed by atoms with Crippen molar-refractivity contribution in [2.24, 2.45) is 11.8 Å². The third-order valence-corrected chi connectivity index (χ3v) is 5.59. The Kier molecular flexibility index (Phi) is 5.73. The molecule has 30 heavy (non-hydrogen) atoms. The number of allylic oxidation sites excluding steroid dienone is 3. The second-order valence-corrected chi connectivity index (χ2v) is 7.38. The van der Waals surface area contributed by atoms with Gasteiger partial charge >= 0.3 is 11.9 Å². The van der Waals surface area contributed by atoms with Crippen LogP contribution in [0, 0.1) is 22.0 Å². The number of rotatable bonds is 4. The standard InChI is InChI=1S/C21H22N2O7/c1-10-9-14-18(19(24)15(10)20(25)29-3)17(16(11(2)22-14)21(26)30-4)12-5-7-13(8-6-12)23(27)28/h5-8,10,15,17,22H,9H2,1-4H3/t10-,15+,17-/m0/s1. The van der Waals surface area contributed by atoms with Crippen molar-refractivity contribution in [3.63, 3.8) is 0 Å². The van der Waals surface area contributed by atoms with Gasteiger partial charge in [0.1, 0.15) is 5.92 Å². The lowest BCUT2D eigenvalue weighted by molar-refractivity contribution is -0.384. The van der Waals surface area contributed by atoms with E-state index in [-0.39, 0.29) is 22.8 Å². The second-order valence-electron chi connectivity index (χ2n) is 7.38. The quantitative estimate of drug-likeness (QED) is 0.345. The van der Waals surface area contributed by atoms with Crippen LogP contribution in [0.1, 0.15) is 31.7 Å². The molecule has 0 radical (unpaired) electrons. The third kappa shape index (κ3) is 3.47. The lowest BCUT2D eigenvalue weighted by Crippen LogP contribution is -2.43. The van der Waals surface area contributed by atoms with Crippen LogP contribution in [0.4, 0.5) is 5.69 Å². The number of ether oxygens (including phenoxy) is 2. The Labute approximate surface area is 172 Å². The monoisotopic (exact) mass is 414 g/mol. The highest BCUT2D eigenvalue weighted by Gasteiger charge is 2.47. The number of ketones is 1. The topological polar surface area (TPSA) is 125 Å². The van der Waals surface area contributed by atoms with E-state index in [0.29, 0.717) is 23.4 Å². The zero-order valence-corrected chi connectivity index (χ0v) is 17.1. The van der Waals surface area contributed by atoms with Crippen molar-refractivity contribution < 1.29 is 28.8 Å². The Morgan fingerprint density at radius 3 is 2.33 bits per heavy atom. The first-order valence-corrected chi connectivity index (χ1v) is 9.36. The van der Waals surface area contributed by atoms with Gasteiger partial charge in [0, 0.05) is 35.0 Å². The van der Waals surface area contributed by atoms with E-state index in [1.54, 1.807) is 13.8 Å². The SMILES string of the molecule is COC(=O)C1=C(C)NC2=C(C(=O)[C@H](C(=O)OC)[C@@H](C)C2)[C@H]1c1ccc([N+](=O)[O-])cc1. The van der Waals surface area contributed by atoms with Gasteiger partial charge in [0.05, 0.1) is 24.7 Å². The molecule has 1 heterocycles. The number of nitro benzene ring substituents is 1. The fraction of sp³-hybridized carbons (Fsp3) is 0.381. The van der Waals surface area contributed by atoms with E-state index >= 15 is 0 Å². The average molecular weight is 414 g/mol. The minimum absolute atomic E-state index is 0.113. The van der Waals surface area contributed by atoms with Gasteiger partial charge in [-0.2, -0.15) is 0 Å². The molecule has 1 N–H and O–H groups in total. The molecule has 0 bridgehead atoms. The van der Waals surface area contributed by atoms with E-state index in [0.717, 1.165) is 0 Å². The van der Waals surface area contributed by atoms with Crippen molar-refractivity contribution >= 4 is 23.4 Å². The maximum Gasteiger partial charge on any atom is 0.336 e. The summed E-state index contributed by atoms with van der Waals surface area (Å²) in [4.78, 5) is 48.8. The van der Waals surface area contributed by atoms with Crippen LogP contribution in [0.25, 0.3) is 0 Å². The maximum atomic E-state index is 13.4. The summed E-state index contributed by atoms with van der Waals surface area (Å²) in [6.45, 7) is 3.50. The molecule has 0 spiro atoms. The van der Waals surface area contributed by atoms with Crippen molar-refractivity contribution in [2.75, 3.05) is 14.2 Å². The lowest BCUT2D eigenvalue weighted by Gasteiger charge is -2.38. The highest BCUT2D eigenvalue weighted by molar-refractivity contribution is 6.12. The van der Waals surface area contributed by atoms with Crippen LogP contribution in [0.15, 0.2) is 46.8 Å². The molecular weight excluding hydrogens is 392 g/mol. The molecule has 0 unspecified atom stereocenters. The summed E-state index contributed by atoms with van der Waals surface area (Å²) in [6, 6.07) is 5.64. The Morgan fingerprint density at radius 2 is 1.80 bits per heavy atom. The van der Waals surface area contributed by atoms with Gasteiger partial charge in [-0.25, -0.2) is 4.79 Å². The molecule has 0 saturated heterocycles. The number of methoxy groups -OCH3 is 2. The summed E-state index contributed by atoms with van der Waals surface area (Å²) in [7, 11) is 2.46. The summed E-state index contributed by atoms with van der Waals surface area (Å²) in [6.07, 6.45) is 0.413. The molecule has 3 rings (SSSR count). The van der Waals surface area contributed by atoms with Gasteiger partial charge in [-0.05, 0) is 24.8 Å². The molecule has 158 valence electrons. The fourth-order valence-electron chi connectivity index (χ4n) is 4.18. The molecule has 9 nitrogen and oxygen atoms in total. The Balaban J connectivity index is 2.19. The number of nitrogens with one attached hydrogen (secondary N) is 1.